The van der Waals surface area contributed by atoms with Crippen LogP contribution >= 0.6 is 0 Å². The predicted molar refractivity (Wildman–Crippen MR) is 97.6 cm³/mol. The van der Waals surface area contributed by atoms with Crippen LogP contribution in [0.5, 0.6) is 0 Å². The van der Waals surface area contributed by atoms with E-state index in [1.807, 2.05) is 24.5 Å². The summed E-state index contributed by atoms with van der Waals surface area (Å²) in [6.07, 6.45) is 6.29. The first-order valence-electron chi connectivity index (χ1n) is 8.09. The van der Waals surface area contributed by atoms with E-state index in [4.69, 9.17) is 0 Å². The largest absolute Gasteiger partial charge is 0.256 e. The van der Waals surface area contributed by atoms with Crippen LogP contribution in [-0.2, 0) is 6.42 Å². The van der Waals surface area contributed by atoms with E-state index >= 15 is 0 Å². The van der Waals surface area contributed by atoms with Crippen molar-refractivity contribution in [3.63, 3.8) is 0 Å². The van der Waals surface area contributed by atoms with Crippen molar-refractivity contribution in [2.45, 2.75) is 13.3 Å². The SMILES string of the molecule is CCc1cccc(-c2ncccc2-c2ccc3ncncc3c2)c1. The van der Waals surface area contributed by atoms with Crippen molar-refractivity contribution in [3.8, 4) is 22.4 Å². The summed E-state index contributed by atoms with van der Waals surface area (Å²) in [5.74, 6) is 0. The van der Waals surface area contributed by atoms with Gasteiger partial charge in [0.05, 0.1) is 11.2 Å². The van der Waals surface area contributed by atoms with Crippen molar-refractivity contribution in [1.29, 1.82) is 0 Å². The Balaban J connectivity index is 1.88. The van der Waals surface area contributed by atoms with Gasteiger partial charge in [0, 0.05) is 28.9 Å². The van der Waals surface area contributed by atoms with Crippen LogP contribution < -0.4 is 0 Å². The zero-order valence-electron chi connectivity index (χ0n) is 13.5. The highest BCUT2D eigenvalue weighted by Crippen LogP contribution is 2.31. The minimum absolute atomic E-state index is 0.951. The predicted octanol–water partition coefficient (Wildman–Crippen LogP) is 4.92. The molecule has 0 spiro atoms. The molecule has 0 unspecified atom stereocenters. The molecule has 4 aromatic rings. The van der Waals surface area contributed by atoms with Crippen LogP contribution in [-0.4, -0.2) is 15.0 Å². The molecule has 0 bridgehead atoms. The van der Waals surface area contributed by atoms with Crippen LogP contribution in [0.25, 0.3) is 33.3 Å². The lowest BCUT2D eigenvalue weighted by atomic mass is 9.97. The summed E-state index contributed by atoms with van der Waals surface area (Å²) in [6.45, 7) is 2.17. The molecule has 2 aromatic carbocycles. The topological polar surface area (TPSA) is 38.7 Å². The van der Waals surface area contributed by atoms with Gasteiger partial charge in [0.2, 0.25) is 0 Å². The number of aromatic nitrogens is 3. The molecule has 4 rings (SSSR count). The van der Waals surface area contributed by atoms with E-state index in [-0.39, 0.29) is 0 Å². The van der Waals surface area contributed by atoms with E-state index in [1.54, 1.807) is 6.33 Å². The van der Waals surface area contributed by atoms with Gasteiger partial charge in [-0.2, -0.15) is 0 Å². The Morgan fingerprint density at radius 3 is 2.75 bits per heavy atom. The molecular weight excluding hydrogens is 294 g/mol. The molecular formula is C21H17N3. The van der Waals surface area contributed by atoms with Gasteiger partial charge in [0.25, 0.3) is 0 Å². The fourth-order valence-corrected chi connectivity index (χ4v) is 2.96. The fraction of sp³-hybridized carbons (Fsp3) is 0.0952. The Labute approximate surface area is 141 Å². The third-order valence-electron chi connectivity index (χ3n) is 4.23. The first-order chi connectivity index (χ1) is 11.8. The lowest BCUT2D eigenvalue weighted by Gasteiger charge is -2.10. The summed E-state index contributed by atoms with van der Waals surface area (Å²) >= 11 is 0. The van der Waals surface area contributed by atoms with E-state index < -0.39 is 0 Å². The molecule has 3 heteroatoms. The van der Waals surface area contributed by atoms with Gasteiger partial charge in [-0.15, -0.1) is 0 Å². The third kappa shape index (κ3) is 2.65. The summed E-state index contributed by atoms with van der Waals surface area (Å²) in [5.41, 5.74) is 6.67. The molecule has 24 heavy (non-hydrogen) atoms. The number of pyridine rings is 1. The quantitative estimate of drug-likeness (QED) is 0.539. The highest BCUT2D eigenvalue weighted by atomic mass is 14.8. The number of nitrogens with zero attached hydrogens (tertiary/aromatic N) is 3. The Kier molecular flexibility index (Phi) is 3.75. The maximum absolute atomic E-state index is 4.65. The Morgan fingerprint density at radius 1 is 0.875 bits per heavy atom. The highest BCUT2D eigenvalue weighted by molar-refractivity contribution is 5.88. The van der Waals surface area contributed by atoms with Gasteiger partial charge in [-0.1, -0.05) is 37.3 Å². The number of aryl methyl sites for hydroxylation is 1. The number of hydrogen-bond acceptors (Lipinski definition) is 3. The first kappa shape index (κ1) is 14.5. The van der Waals surface area contributed by atoms with Crippen LogP contribution in [0.15, 0.2) is 73.3 Å². The average molecular weight is 311 g/mol. The zero-order chi connectivity index (χ0) is 16.4. The summed E-state index contributed by atoms with van der Waals surface area (Å²) in [5, 5.41) is 1.03. The molecule has 0 atom stereocenters. The maximum atomic E-state index is 4.65. The molecule has 0 saturated carbocycles. The summed E-state index contributed by atoms with van der Waals surface area (Å²) in [6, 6.07) is 18.9. The molecule has 0 saturated heterocycles. The molecule has 0 aliphatic carbocycles. The third-order valence-corrected chi connectivity index (χ3v) is 4.23. The molecule has 0 amide bonds. The van der Waals surface area contributed by atoms with Gasteiger partial charge in [0.1, 0.15) is 6.33 Å². The molecule has 0 N–H and O–H groups in total. The van der Waals surface area contributed by atoms with Crippen molar-refractivity contribution >= 4 is 10.9 Å². The normalized spacial score (nSPS) is 10.9. The number of benzene rings is 2. The molecule has 0 aliphatic rings. The average Bonchev–Trinajstić information content (AvgIpc) is 2.67. The van der Waals surface area contributed by atoms with E-state index in [1.165, 1.54) is 5.56 Å². The van der Waals surface area contributed by atoms with Crippen molar-refractivity contribution in [2.75, 3.05) is 0 Å². The van der Waals surface area contributed by atoms with Gasteiger partial charge in [-0.3, -0.25) is 4.98 Å². The molecule has 116 valence electrons. The van der Waals surface area contributed by atoms with Gasteiger partial charge in [0.15, 0.2) is 0 Å². The van der Waals surface area contributed by atoms with Gasteiger partial charge < -0.3 is 0 Å². The van der Waals surface area contributed by atoms with E-state index in [2.05, 4.69) is 64.3 Å². The van der Waals surface area contributed by atoms with Crippen LogP contribution in [0.2, 0.25) is 0 Å². The lowest BCUT2D eigenvalue weighted by molar-refractivity contribution is 1.14. The van der Waals surface area contributed by atoms with Crippen molar-refractivity contribution in [3.05, 3.63) is 78.9 Å². The monoisotopic (exact) mass is 311 g/mol. The van der Waals surface area contributed by atoms with Gasteiger partial charge >= 0.3 is 0 Å². The molecule has 2 aromatic heterocycles. The standard InChI is InChI=1S/C21H17N3/c1-2-15-5-3-6-17(11-15)21-19(7-4-10-23-21)16-8-9-20-18(12-16)13-22-14-24-20/h3-14H,2H2,1H3. The van der Waals surface area contributed by atoms with Crippen LogP contribution in [0, 0.1) is 0 Å². The fourth-order valence-electron chi connectivity index (χ4n) is 2.96. The minimum Gasteiger partial charge on any atom is -0.256 e. The Bertz CT molecular complexity index is 1010. The van der Waals surface area contributed by atoms with Crippen molar-refractivity contribution in [2.24, 2.45) is 0 Å². The smallest absolute Gasteiger partial charge is 0.116 e. The van der Waals surface area contributed by atoms with Crippen molar-refractivity contribution in [1.82, 2.24) is 15.0 Å². The molecule has 0 aliphatic heterocycles. The number of hydrogen-bond donors (Lipinski definition) is 0. The van der Waals surface area contributed by atoms with E-state index in [0.717, 1.165) is 39.7 Å². The van der Waals surface area contributed by atoms with Crippen molar-refractivity contribution < 1.29 is 0 Å². The summed E-state index contributed by atoms with van der Waals surface area (Å²) in [4.78, 5) is 13.1. The van der Waals surface area contributed by atoms with Crippen LogP contribution in [0.4, 0.5) is 0 Å². The number of fused-ring (bicyclic) bond motifs is 1. The van der Waals surface area contributed by atoms with Gasteiger partial charge in [-0.05, 0) is 41.8 Å². The summed E-state index contributed by atoms with van der Waals surface area (Å²) in [7, 11) is 0. The Hall–Kier alpha value is -3.07. The molecule has 2 heterocycles. The second-order valence-electron chi connectivity index (χ2n) is 5.75. The minimum atomic E-state index is 0.951. The molecule has 0 radical (unpaired) electrons. The first-order valence-corrected chi connectivity index (χ1v) is 8.09. The van der Waals surface area contributed by atoms with E-state index in [9.17, 15) is 0 Å². The van der Waals surface area contributed by atoms with Crippen LogP contribution in [0.1, 0.15) is 12.5 Å². The van der Waals surface area contributed by atoms with Gasteiger partial charge in [-0.25, -0.2) is 9.97 Å². The lowest BCUT2D eigenvalue weighted by Crippen LogP contribution is -1.91. The maximum Gasteiger partial charge on any atom is 0.116 e. The highest BCUT2D eigenvalue weighted by Gasteiger charge is 2.09. The Morgan fingerprint density at radius 2 is 1.83 bits per heavy atom. The van der Waals surface area contributed by atoms with Crippen LogP contribution in [0.3, 0.4) is 0 Å². The molecule has 3 nitrogen and oxygen atoms in total. The number of rotatable bonds is 3. The van der Waals surface area contributed by atoms with E-state index in [0.29, 0.717) is 0 Å². The zero-order valence-corrected chi connectivity index (χ0v) is 13.5. The molecule has 0 fully saturated rings. The summed E-state index contributed by atoms with van der Waals surface area (Å²) < 4.78 is 0. The second-order valence-corrected chi connectivity index (χ2v) is 5.75. The second kappa shape index (κ2) is 6.20.